The van der Waals surface area contributed by atoms with Crippen molar-refractivity contribution in [3.8, 4) is 0 Å². The summed E-state index contributed by atoms with van der Waals surface area (Å²) in [6, 6.07) is 0. The van der Waals surface area contributed by atoms with Gasteiger partial charge in [0.25, 0.3) is 0 Å². The lowest BCUT2D eigenvalue weighted by atomic mass is 9.79. The molecule has 4 N–H and O–H groups in total. The van der Waals surface area contributed by atoms with E-state index in [1.807, 2.05) is 0 Å². The Bertz CT molecular complexity index is 325. The van der Waals surface area contributed by atoms with Crippen molar-refractivity contribution in [3.63, 3.8) is 0 Å². The molecule has 0 aromatic heterocycles. The van der Waals surface area contributed by atoms with Gasteiger partial charge in [-0.05, 0) is 31.1 Å². The van der Waals surface area contributed by atoms with E-state index in [4.69, 9.17) is 5.73 Å². The smallest absolute Gasteiger partial charge is 0.323 e. The van der Waals surface area contributed by atoms with Gasteiger partial charge < -0.3 is 15.5 Å². The minimum Gasteiger partial charge on any atom is -0.323 e. The molecule has 1 saturated carbocycles. The van der Waals surface area contributed by atoms with Gasteiger partial charge in [0.1, 0.15) is 5.28 Å². The summed E-state index contributed by atoms with van der Waals surface area (Å²) in [5.41, 5.74) is 6.33. The van der Waals surface area contributed by atoms with Crippen molar-refractivity contribution in [1.29, 1.82) is 0 Å². The van der Waals surface area contributed by atoms with Gasteiger partial charge in [-0.3, -0.25) is 4.57 Å². The summed E-state index contributed by atoms with van der Waals surface area (Å²) < 4.78 is 12.0. The Labute approximate surface area is 123 Å². The zero-order chi connectivity index (χ0) is 15.2. The third kappa shape index (κ3) is 4.56. The Morgan fingerprint density at radius 1 is 1.25 bits per heavy atom. The first kappa shape index (κ1) is 18.2. The average Bonchev–Trinajstić information content (AvgIpc) is 2.43. The molecule has 1 fully saturated rings. The van der Waals surface area contributed by atoms with Crippen LogP contribution in [-0.4, -0.2) is 15.1 Å². The lowest BCUT2D eigenvalue weighted by Gasteiger charge is -2.41. The standard InChI is InChI=1S/C15H32NO3P/c1-3-5-9-13(4-2)12-15(16,20(17,18)19)14-10-7-6-8-11-14/h13-14H,3-12,16H2,1-2H3,(H2,17,18,19). The summed E-state index contributed by atoms with van der Waals surface area (Å²) in [6.07, 6.45) is 9.68. The van der Waals surface area contributed by atoms with Crippen LogP contribution in [-0.2, 0) is 4.57 Å². The van der Waals surface area contributed by atoms with Gasteiger partial charge in [-0.15, -0.1) is 0 Å². The van der Waals surface area contributed by atoms with Crippen molar-refractivity contribution in [1.82, 2.24) is 0 Å². The maximum absolute atomic E-state index is 12.0. The number of hydrogen-bond donors (Lipinski definition) is 3. The average molecular weight is 305 g/mol. The molecule has 2 atom stereocenters. The highest BCUT2D eigenvalue weighted by atomic mass is 31.2. The van der Waals surface area contributed by atoms with Crippen molar-refractivity contribution in [2.75, 3.05) is 0 Å². The van der Waals surface area contributed by atoms with Gasteiger partial charge in [-0.2, -0.15) is 0 Å². The van der Waals surface area contributed by atoms with Gasteiger partial charge >= 0.3 is 7.60 Å². The van der Waals surface area contributed by atoms with Gasteiger partial charge in [0, 0.05) is 0 Å². The second-order valence-corrected chi connectivity index (χ2v) is 8.41. The molecule has 5 heteroatoms. The van der Waals surface area contributed by atoms with E-state index in [9.17, 15) is 14.4 Å². The second kappa shape index (κ2) is 7.93. The number of rotatable bonds is 8. The van der Waals surface area contributed by atoms with Crippen LogP contribution >= 0.6 is 7.60 Å². The summed E-state index contributed by atoms with van der Waals surface area (Å²) in [5.74, 6) is 0.308. The van der Waals surface area contributed by atoms with E-state index >= 15 is 0 Å². The predicted molar refractivity (Wildman–Crippen MR) is 83.5 cm³/mol. The Morgan fingerprint density at radius 3 is 2.30 bits per heavy atom. The molecule has 20 heavy (non-hydrogen) atoms. The topological polar surface area (TPSA) is 83.6 Å². The minimum atomic E-state index is -4.28. The lowest BCUT2D eigenvalue weighted by Crippen LogP contribution is -2.49. The monoisotopic (exact) mass is 305 g/mol. The lowest BCUT2D eigenvalue weighted by molar-refractivity contribution is 0.188. The molecular formula is C15H32NO3P. The maximum atomic E-state index is 12.0. The highest BCUT2D eigenvalue weighted by Gasteiger charge is 2.50. The largest absolute Gasteiger partial charge is 0.345 e. The first-order valence-corrected chi connectivity index (χ1v) is 9.80. The first-order valence-electron chi connectivity index (χ1n) is 8.19. The molecule has 0 bridgehead atoms. The Hall–Kier alpha value is 0.110. The van der Waals surface area contributed by atoms with Crippen LogP contribution in [0.15, 0.2) is 0 Å². The van der Waals surface area contributed by atoms with Crippen LogP contribution in [0.2, 0.25) is 0 Å². The van der Waals surface area contributed by atoms with Gasteiger partial charge in [-0.1, -0.05) is 58.8 Å². The predicted octanol–water partition coefficient (Wildman–Crippen LogP) is 4.01. The van der Waals surface area contributed by atoms with E-state index in [0.29, 0.717) is 12.3 Å². The van der Waals surface area contributed by atoms with Crippen LogP contribution in [0.3, 0.4) is 0 Å². The first-order chi connectivity index (χ1) is 9.35. The van der Waals surface area contributed by atoms with Crippen LogP contribution in [0.5, 0.6) is 0 Å². The summed E-state index contributed by atoms with van der Waals surface area (Å²) in [5, 5.41) is -1.30. The quantitative estimate of drug-likeness (QED) is 0.592. The van der Waals surface area contributed by atoms with E-state index in [2.05, 4.69) is 13.8 Å². The molecule has 0 amide bonds. The summed E-state index contributed by atoms with van der Waals surface area (Å²) >= 11 is 0. The van der Waals surface area contributed by atoms with Crippen LogP contribution in [0.1, 0.15) is 78.1 Å². The van der Waals surface area contributed by atoms with Gasteiger partial charge in [-0.25, -0.2) is 0 Å². The third-order valence-corrected chi connectivity index (χ3v) is 6.65. The van der Waals surface area contributed by atoms with Gasteiger partial charge in [0.15, 0.2) is 0 Å². The van der Waals surface area contributed by atoms with Crippen LogP contribution < -0.4 is 5.73 Å². The molecule has 1 rings (SSSR count). The molecule has 0 heterocycles. The molecule has 1 aliphatic carbocycles. The van der Waals surface area contributed by atoms with E-state index in [1.54, 1.807) is 0 Å². The Morgan fingerprint density at radius 2 is 1.85 bits per heavy atom. The molecule has 0 saturated heterocycles. The molecule has 1 aliphatic rings. The maximum Gasteiger partial charge on any atom is 0.345 e. The van der Waals surface area contributed by atoms with E-state index in [0.717, 1.165) is 51.4 Å². The minimum absolute atomic E-state index is 0.0206. The van der Waals surface area contributed by atoms with Crippen LogP contribution in [0, 0.1) is 11.8 Å². The molecule has 0 aliphatic heterocycles. The fraction of sp³-hybridized carbons (Fsp3) is 1.00. The summed E-state index contributed by atoms with van der Waals surface area (Å²) in [4.78, 5) is 19.7. The van der Waals surface area contributed by atoms with Crippen LogP contribution in [0.25, 0.3) is 0 Å². The highest BCUT2D eigenvalue weighted by molar-refractivity contribution is 7.53. The normalized spacial score (nSPS) is 22.4. The van der Waals surface area contributed by atoms with Crippen LogP contribution in [0.4, 0.5) is 0 Å². The SMILES string of the molecule is CCCCC(CC)CC(N)(C1CCCCC1)P(=O)(O)O. The zero-order valence-corrected chi connectivity index (χ0v) is 13.9. The van der Waals surface area contributed by atoms with Crippen molar-refractivity contribution in [3.05, 3.63) is 0 Å². The molecule has 120 valence electrons. The second-order valence-electron chi connectivity index (χ2n) is 6.49. The molecule has 0 spiro atoms. The highest BCUT2D eigenvalue weighted by Crippen LogP contribution is 2.57. The number of unbranched alkanes of at least 4 members (excludes halogenated alkanes) is 1. The molecular weight excluding hydrogens is 273 g/mol. The van der Waals surface area contributed by atoms with Crippen molar-refractivity contribution < 1.29 is 14.4 Å². The van der Waals surface area contributed by atoms with Gasteiger partial charge in [0.2, 0.25) is 0 Å². The summed E-state index contributed by atoms with van der Waals surface area (Å²) in [6.45, 7) is 4.24. The number of nitrogens with two attached hydrogens (primary N) is 1. The zero-order valence-electron chi connectivity index (χ0n) is 13.1. The van der Waals surface area contributed by atoms with E-state index in [1.165, 1.54) is 6.42 Å². The number of hydrogen-bond acceptors (Lipinski definition) is 2. The fourth-order valence-corrected chi connectivity index (χ4v) is 4.76. The summed E-state index contributed by atoms with van der Waals surface area (Å²) in [7, 11) is -4.28. The molecule has 0 aromatic rings. The fourth-order valence-electron chi connectivity index (χ4n) is 3.53. The molecule has 4 nitrogen and oxygen atoms in total. The molecule has 0 radical (unpaired) electrons. The van der Waals surface area contributed by atoms with E-state index < -0.39 is 12.9 Å². The Kier molecular flexibility index (Phi) is 7.20. The Balaban J connectivity index is 2.84. The third-order valence-electron chi connectivity index (χ3n) is 5.01. The van der Waals surface area contributed by atoms with Crippen molar-refractivity contribution in [2.45, 2.75) is 83.3 Å². The van der Waals surface area contributed by atoms with Crippen molar-refractivity contribution in [2.24, 2.45) is 17.6 Å². The molecule has 2 unspecified atom stereocenters. The van der Waals surface area contributed by atoms with E-state index in [-0.39, 0.29) is 5.92 Å². The van der Waals surface area contributed by atoms with Gasteiger partial charge in [0.05, 0.1) is 0 Å². The van der Waals surface area contributed by atoms with Crippen molar-refractivity contribution >= 4 is 7.60 Å². The molecule has 0 aromatic carbocycles.